The lowest BCUT2D eigenvalue weighted by molar-refractivity contribution is -0.139. The van der Waals surface area contributed by atoms with E-state index in [-0.39, 0.29) is 24.1 Å². The lowest BCUT2D eigenvalue weighted by Crippen LogP contribution is -2.52. The largest absolute Gasteiger partial charge is 0.377 e. The van der Waals surface area contributed by atoms with Crippen molar-refractivity contribution in [1.29, 1.82) is 0 Å². The van der Waals surface area contributed by atoms with Gasteiger partial charge < -0.3 is 19.9 Å². The van der Waals surface area contributed by atoms with Gasteiger partial charge in [0.25, 0.3) is 0 Å². The number of rotatable bonds is 4. The van der Waals surface area contributed by atoms with E-state index in [1.807, 2.05) is 42.2 Å². The first-order chi connectivity index (χ1) is 12.2. The fourth-order valence-corrected chi connectivity index (χ4v) is 3.70. The number of piperidine rings is 1. The number of hydrogen-bond acceptors (Lipinski definition) is 3. The maximum Gasteiger partial charge on any atom is 0.322 e. The summed E-state index contributed by atoms with van der Waals surface area (Å²) < 4.78 is 5.69. The molecule has 0 bridgehead atoms. The summed E-state index contributed by atoms with van der Waals surface area (Å²) in [5, 5.41) is 2.89. The standard InChI is InChI=1S/C19H27N3O3/c1-2-25-16-10-6-12-21(14-16)18(23)17-11-7-13-22(17)19(24)20-15-8-4-3-5-9-15/h3-5,8-9,16-17H,2,6-7,10-14H2,1H3,(H,20,24)/t16-,17-/m0/s1. The van der Waals surface area contributed by atoms with Crippen LogP contribution in [-0.2, 0) is 9.53 Å². The molecule has 0 aromatic heterocycles. The highest BCUT2D eigenvalue weighted by Gasteiger charge is 2.38. The van der Waals surface area contributed by atoms with Gasteiger partial charge in [0.15, 0.2) is 0 Å². The van der Waals surface area contributed by atoms with E-state index in [9.17, 15) is 9.59 Å². The molecule has 1 N–H and O–H groups in total. The second-order valence-corrected chi connectivity index (χ2v) is 6.65. The summed E-state index contributed by atoms with van der Waals surface area (Å²) in [5.74, 6) is 0.0603. The van der Waals surface area contributed by atoms with Crippen molar-refractivity contribution in [3.63, 3.8) is 0 Å². The first-order valence-corrected chi connectivity index (χ1v) is 9.22. The van der Waals surface area contributed by atoms with Gasteiger partial charge in [0.2, 0.25) is 5.91 Å². The van der Waals surface area contributed by atoms with Gasteiger partial charge in [-0.05, 0) is 44.7 Å². The summed E-state index contributed by atoms with van der Waals surface area (Å²) >= 11 is 0. The summed E-state index contributed by atoms with van der Waals surface area (Å²) in [6, 6.07) is 8.81. The molecule has 2 aliphatic rings. The van der Waals surface area contributed by atoms with Crippen molar-refractivity contribution in [2.24, 2.45) is 0 Å². The number of carbonyl (C=O) groups is 2. The third kappa shape index (κ3) is 4.31. The van der Waals surface area contributed by atoms with Crippen molar-refractivity contribution in [1.82, 2.24) is 9.80 Å². The number of para-hydroxylation sites is 1. The van der Waals surface area contributed by atoms with Crippen LogP contribution in [-0.4, -0.2) is 60.1 Å². The average Bonchev–Trinajstić information content (AvgIpc) is 3.12. The van der Waals surface area contributed by atoms with Gasteiger partial charge >= 0.3 is 6.03 Å². The number of likely N-dealkylation sites (tertiary alicyclic amines) is 2. The molecular formula is C19H27N3O3. The molecule has 0 saturated carbocycles. The molecule has 1 aromatic rings. The van der Waals surface area contributed by atoms with Crippen molar-refractivity contribution >= 4 is 17.6 Å². The Bertz CT molecular complexity index is 591. The van der Waals surface area contributed by atoms with Gasteiger partial charge in [-0.25, -0.2) is 4.79 Å². The lowest BCUT2D eigenvalue weighted by atomic mass is 10.1. The summed E-state index contributed by atoms with van der Waals surface area (Å²) in [7, 11) is 0. The molecule has 2 fully saturated rings. The predicted octanol–water partition coefficient (Wildman–Crippen LogP) is 2.71. The molecule has 0 aliphatic carbocycles. The zero-order valence-electron chi connectivity index (χ0n) is 14.8. The minimum atomic E-state index is -0.357. The minimum Gasteiger partial charge on any atom is -0.377 e. The second-order valence-electron chi connectivity index (χ2n) is 6.65. The topological polar surface area (TPSA) is 61.9 Å². The fraction of sp³-hybridized carbons (Fsp3) is 0.579. The van der Waals surface area contributed by atoms with Crippen molar-refractivity contribution in [2.75, 3.05) is 31.6 Å². The molecule has 2 saturated heterocycles. The molecule has 0 spiro atoms. The van der Waals surface area contributed by atoms with Crippen LogP contribution >= 0.6 is 0 Å². The molecule has 25 heavy (non-hydrogen) atoms. The second kappa shape index (κ2) is 8.34. The van der Waals surface area contributed by atoms with E-state index in [1.54, 1.807) is 4.90 Å². The van der Waals surface area contributed by atoms with Crippen LogP contribution in [0.5, 0.6) is 0 Å². The maximum atomic E-state index is 13.0. The van der Waals surface area contributed by atoms with E-state index in [2.05, 4.69) is 5.32 Å². The van der Waals surface area contributed by atoms with E-state index in [0.717, 1.165) is 37.9 Å². The smallest absolute Gasteiger partial charge is 0.322 e. The molecule has 0 unspecified atom stereocenters. The first kappa shape index (κ1) is 17.7. The molecule has 3 amide bonds. The van der Waals surface area contributed by atoms with Gasteiger partial charge in [-0.2, -0.15) is 0 Å². The summed E-state index contributed by atoms with van der Waals surface area (Å²) in [4.78, 5) is 29.1. The van der Waals surface area contributed by atoms with E-state index in [1.165, 1.54) is 0 Å². The molecule has 2 aliphatic heterocycles. The molecule has 136 valence electrons. The Balaban J connectivity index is 1.62. The number of hydrogen-bond donors (Lipinski definition) is 1. The SMILES string of the molecule is CCO[C@H]1CCCN(C(=O)[C@@H]2CCCN2C(=O)Nc2ccccc2)C1. The van der Waals surface area contributed by atoms with Crippen molar-refractivity contribution in [3.05, 3.63) is 30.3 Å². The van der Waals surface area contributed by atoms with Gasteiger partial charge in [-0.3, -0.25) is 4.79 Å². The first-order valence-electron chi connectivity index (χ1n) is 9.22. The average molecular weight is 345 g/mol. The van der Waals surface area contributed by atoms with Gasteiger partial charge in [0, 0.05) is 31.9 Å². The van der Waals surface area contributed by atoms with Crippen LogP contribution in [0.4, 0.5) is 10.5 Å². The molecular weight excluding hydrogens is 318 g/mol. The summed E-state index contributed by atoms with van der Waals surface area (Å²) in [5.41, 5.74) is 0.750. The predicted molar refractivity (Wildman–Crippen MR) is 96.4 cm³/mol. The van der Waals surface area contributed by atoms with E-state index < -0.39 is 0 Å². The molecule has 2 heterocycles. The highest BCUT2D eigenvalue weighted by atomic mass is 16.5. The molecule has 1 aromatic carbocycles. The molecule has 2 atom stereocenters. The highest BCUT2D eigenvalue weighted by molar-refractivity contribution is 5.94. The highest BCUT2D eigenvalue weighted by Crippen LogP contribution is 2.23. The number of anilines is 1. The van der Waals surface area contributed by atoms with Gasteiger partial charge in [0.05, 0.1) is 6.10 Å². The van der Waals surface area contributed by atoms with Crippen LogP contribution in [0.15, 0.2) is 30.3 Å². The number of urea groups is 1. The van der Waals surface area contributed by atoms with Crippen LogP contribution < -0.4 is 5.32 Å². The van der Waals surface area contributed by atoms with E-state index >= 15 is 0 Å². The number of ether oxygens (including phenoxy) is 1. The quantitative estimate of drug-likeness (QED) is 0.913. The van der Waals surface area contributed by atoms with Crippen LogP contribution in [0.3, 0.4) is 0 Å². The third-order valence-electron chi connectivity index (χ3n) is 4.92. The van der Waals surface area contributed by atoms with Crippen molar-refractivity contribution in [2.45, 2.75) is 44.8 Å². The monoisotopic (exact) mass is 345 g/mol. The summed E-state index contributed by atoms with van der Waals surface area (Å²) in [6.45, 7) is 4.66. The molecule has 3 rings (SSSR count). The van der Waals surface area contributed by atoms with Crippen LogP contribution in [0, 0.1) is 0 Å². The zero-order valence-corrected chi connectivity index (χ0v) is 14.8. The Labute approximate surface area is 149 Å². The molecule has 0 radical (unpaired) electrons. The van der Waals surface area contributed by atoms with Crippen LogP contribution in [0.1, 0.15) is 32.6 Å². The number of amides is 3. The van der Waals surface area contributed by atoms with Crippen LogP contribution in [0.2, 0.25) is 0 Å². The number of benzene rings is 1. The van der Waals surface area contributed by atoms with Crippen molar-refractivity contribution in [3.8, 4) is 0 Å². The Hall–Kier alpha value is -2.08. The minimum absolute atomic E-state index is 0.0603. The van der Waals surface area contributed by atoms with E-state index in [4.69, 9.17) is 4.74 Å². The van der Waals surface area contributed by atoms with Crippen molar-refractivity contribution < 1.29 is 14.3 Å². The third-order valence-corrected chi connectivity index (χ3v) is 4.92. The summed E-state index contributed by atoms with van der Waals surface area (Å²) in [6.07, 6.45) is 3.67. The Morgan fingerprint density at radius 1 is 1.16 bits per heavy atom. The Morgan fingerprint density at radius 3 is 2.68 bits per heavy atom. The van der Waals surface area contributed by atoms with Crippen LogP contribution in [0.25, 0.3) is 0 Å². The Morgan fingerprint density at radius 2 is 1.92 bits per heavy atom. The molecule has 6 nitrogen and oxygen atoms in total. The fourth-order valence-electron chi connectivity index (χ4n) is 3.70. The number of nitrogens with zero attached hydrogens (tertiary/aromatic N) is 2. The normalized spacial score (nSPS) is 23.6. The van der Waals surface area contributed by atoms with Gasteiger partial charge in [0.1, 0.15) is 6.04 Å². The molecule has 6 heteroatoms. The maximum absolute atomic E-state index is 13.0. The zero-order chi connectivity index (χ0) is 17.6. The lowest BCUT2D eigenvalue weighted by Gasteiger charge is -2.36. The Kier molecular flexibility index (Phi) is 5.91. The van der Waals surface area contributed by atoms with Gasteiger partial charge in [-0.1, -0.05) is 18.2 Å². The van der Waals surface area contributed by atoms with E-state index in [0.29, 0.717) is 19.7 Å². The number of nitrogens with one attached hydrogen (secondary N) is 1. The number of carbonyl (C=O) groups excluding carboxylic acids is 2. The van der Waals surface area contributed by atoms with Gasteiger partial charge in [-0.15, -0.1) is 0 Å².